The summed E-state index contributed by atoms with van der Waals surface area (Å²) in [7, 11) is -3.92. The van der Waals surface area contributed by atoms with E-state index in [1.54, 1.807) is 24.4 Å². The maximum Gasteiger partial charge on any atom is 0.241 e. The Kier molecular flexibility index (Phi) is 4.97. The number of carbonyl (C=O) groups excluding carboxylic acids is 1. The molecule has 0 radical (unpaired) electrons. The summed E-state index contributed by atoms with van der Waals surface area (Å²) in [6.07, 6.45) is 1.59. The van der Waals surface area contributed by atoms with Crippen LogP contribution in [0.1, 0.15) is 5.56 Å². The Labute approximate surface area is 150 Å². The normalized spacial score (nSPS) is 11.5. The predicted octanol–water partition coefficient (Wildman–Crippen LogP) is 2.60. The van der Waals surface area contributed by atoms with E-state index in [0.29, 0.717) is 10.9 Å². The van der Waals surface area contributed by atoms with Gasteiger partial charge in [-0.3, -0.25) is 9.78 Å². The van der Waals surface area contributed by atoms with Crippen molar-refractivity contribution in [3.63, 3.8) is 0 Å². The zero-order chi connectivity index (χ0) is 18.7. The van der Waals surface area contributed by atoms with Crippen LogP contribution >= 0.6 is 0 Å². The second kappa shape index (κ2) is 7.19. The number of pyridine rings is 1. The molecule has 0 saturated carbocycles. The van der Waals surface area contributed by atoms with Crippen LogP contribution < -0.4 is 10.0 Å². The molecule has 0 atom stereocenters. The van der Waals surface area contributed by atoms with Gasteiger partial charge in [0.05, 0.1) is 17.0 Å². The van der Waals surface area contributed by atoms with Crippen molar-refractivity contribution in [3.05, 3.63) is 66.1 Å². The second-order valence-corrected chi connectivity index (χ2v) is 7.40. The first-order chi connectivity index (χ1) is 12.4. The molecule has 0 saturated heterocycles. The van der Waals surface area contributed by atoms with Crippen LogP contribution in [-0.4, -0.2) is 25.9 Å². The highest BCUT2D eigenvalue weighted by Gasteiger charge is 2.19. The van der Waals surface area contributed by atoms with Crippen molar-refractivity contribution in [1.29, 1.82) is 0 Å². The van der Waals surface area contributed by atoms with Crippen molar-refractivity contribution in [2.24, 2.45) is 0 Å². The number of carbonyl (C=O) groups is 1. The molecule has 3 rings (SSSR count). The minimum atomic E-state index is -3.92. The van der Waals surface area contributed by atoms with Gasteiger partial charge in [-0.2, -0.15) is 0 Å². The van der Waals surface area contributed by atoms with Crippen molar-refractivity contribution < 1.29 is 17.6 Å². The summed E-state index contributed by atoms with van der Waals surface area (Å²) < 4.78 is 40.6. The molecule has 0 unspecified atom stereocenters. The fourth-order valence-corrected chi connectivity index (χ4v) is 3.71. The highest BCUT2D eigenvalue weighted by molar-refractivity contribution is 7.89. The second-order valence-electron chi connectivity index (χ2n) is 5.66. The molecule has 2 aromatic carbocycles. The first kappa shape index (κ1) is 18.0. The Morgan fingerprint density at radius 2 is 1.96 bits per heavy atom. The summed E-state index contributed by atoms with van der Waals surface area (Å²) in [5.74, 6) is -1.10. The minimum Gasteiger partial charge on any atom is -0.325 e. The van der Waals surface area contributed by atoms with Crippen LogP contribution in [0.3, 0.4) is 0 Å². The van der Waals surface area contributed by atoms with Gasteiger partial charge in [0, 0.05) is 17.3 Å². The van der Waals surface area contributed by atoms with Crippen LogP contribution in [0.5, 0.6) is 0 Å². The molecule has 0 aliphatic heterocycles. The van der Waals surface area contributed by atoms with Gasteiger partial charge in [0.15, 0.2) is 0 Å². The average Bonchev–Trinajstić information content (AvgIpc) is 2.60. The van der Waals surface area contributed by atoms with E-state index in [1.807, 2.05) is 6.92 Å². The Morgan fingerprint density at radius 3 is 2.73 bits per heavy atom. The SMILES string of the molecule is Cc1ccc(S(=O)(=O)NCC(=O)Nc2cccc(F)c2)c2cccnc12. The molecule has 134 valence electrons. The quantitative estimate of drug-likeness (QED) is 0.720. The Balaban J connectivity index is 1.77. The van der Waals surface area contributed by atoms with Gasteiger partial charge in [0.1, 0.15) is 5.82 Å². The number of anilines is 1. The van der Waals surface area contributed by atoms with Gasteiger partial charge in [-0.15, -0.1) is 0 Å². The van der Waals surface area contributed by atoms with Gasteiger partial charge in [0.2, 0.25) is 15.9 Å². The number of fused-ring (bicyclic) bond motifs is 1. The highest BCUT2D eigenvalue weighted by atomic mass is 32.2. The first-order valence-corrected chi connectivity index (χ1v) is 9.24. The number of rotatable bonds is 5. The molecule has 8 heteroatoms. The predicted molar refractivity (Wildman–Crippen MR) is 96.7 cm³/mol. The molecule has 0 aliphatic rings. The number of aromatic nitrogens is 1. The molecule has 2 N–H and O–H groups in total. The van der Waals surface area contributed by atoms with Crippen molar-refractivity contribution in [1.82, 2.24) is 9.71 Å². The molecule has 6 nitrogen and oxygen atoms in total. The summed E-state index contributed by atoms with van der Waals surface area (Å²) in [5, 5.41) is 2.91. The largest absolute Gasteiger partial charge is 0.325 e. The molecular weight excluding hydrogens is 357 g/mol. The van der Waals surface area contributed by atoms with E-state index in [4.69, 9.17) is 0 Å². The van der Waals surface area contributed by atoms with Gasteiger partial charge in [0.25, 0.3) is 0 Å². The summed E-state index contributed by atoms with van der Waals surface area (Å²) >= 11 is 0. The number of aryl methyl sites for hydroxylation is 1. The van der Waals surface area contributed by atoms with Crippen LogP contribution in [0.4, 0.5) is 10.1 Å². The third kappa shape index (κ3) is 3.87. The number of nitrogens with zero attached hydrogens (tertiary/aromatic N) is 1. The van der Waals surface area contributed by atoms with Crippen molar-refractivity contribution in [3.8, 4) is 0 Å². The Bertz CT molecular complexity index is 1080. The van der Waals surface area contributed by atoms with Gasteiger partial charge in [-0.25, -0.2) is 17.5 Å². The van der Waals surface area contributed by atoms with Crippen molar-refractivity contribution in [2.75, 3.05) is 11.9 Å². The average molecular weight is 373 g/mol. The summed E-state index contributed by atoms with van der Waals surface area (Å²) in [4.78, 5) is 16.2. The molecule has 0 spiro atoms. The summed E-state index contributed by atoms with van der Waals surface area (Å²) in [6.45, 7) is 1.36. The smallest absolute Gasteiger partial charge is 0.241 e. The van der Waals surface area contributed by atoms with E-state index in [2.05, 4.69) is 15.0 Å². The van der Waals surface area contributed by atoms with Crippen molar-refractivity contribution >= 4 is 32.5 Å². The minimum absolute atomic E-state index is 0.0461. The van der Waals surface area contributed by atoms with Gasteiger partial charge >= 0.3 is 0 Å². The number of nitrogens with one attached hydrogen (secondary N) is 2. The Morgan fingerprint density at radius 1 is 1.15 bits per heavy atom. The third-order valence-corrected chi connectivity index (χ3v) is 5.21. The first-order valence-electron chi connectivity index (χ1n) is 7.76. The zero-order valence-corrected chi connectivity index (χ0v) is 14.7. The monoisotopic (exact) mass is 373 g/mol. The number of hydrogen-bond donors (Lipinski definition) is 2. The number of sulfonamides is 1. The maximum absolute atomic E-state index is 13.1. The van der Waals surface area contributed by atoms with Crippen LogP contribution in [0.25, 0.3) is 10.9 Å². The van der Waals surface area contributed by atoms with Gasteiger partial charge in [-0.1, -0.05) is 12.1 Å². The fourth-order valence-electron chi connectivity index (χ4n) is 2.53. The number of amides is 1. The van der Waals surface area contributed by atoms with Gasteiger partial charge in [-0.05, 0) is 48.9 Å². The standard InChI is InChI=1S/C18H16FN3O3S/c1-12-7-8-16(15-6-3-9-20-18(12)15)26(24,25)21-11-17(23)22-14-5-2-4-13(19)10-14/h2-10,21H,11H2,1H3,(H,22,23). The van der Waals surface area contributed by atoms with E-state index in [1.165, 1.54) is 24.3 Å². The third-order valence-electron chi connectivity index (χ3n) is 3.75. The molecule has 0 aliphatic carbocycles. The summed E-state index contributed by atoms with van der Waals surface area (Å²) in [5.41, 5.74) is 1.68. The molecule has 0 fully saturated rings. The lowest BCUT2D eigenvalue weighted by atomic mass is 10.1. The maximum atomic E-state index is 13.1. The van der Waals surface area contributed by atoms with E-state index in [0.717, 1.165) is 11.6 Å². The van der Waals surface area contributed by atoms with Crippen LogP contribution in [0, 0.1) is 12.7 Å². The van der Waals surface area contributed by atoms with E-state index >= 15 is 0 Å². The number of hydrogen-bond acceptors (Lipinski definition) is 4. The zero-order valence-electron chi connectivity index (χ0n) is 13.9. The molecule has 1 heterocycles. The number of halogens is 1. The van der Waals surface area contributed by atoms with E-state index in [9.17, 15) is 17.6 Å². The highest BCUT2D eigenvalue weighted by Crippen LogP contribution is 2.23. The molecule has 1 aromatic heterocycles. The molecule has 1 amide bonds. The van der Waals surface area contributed by atoms with Crippen LogP contribution in [0.15, 0.2) is 59.6 Å². The lowest BCUT2D eigenvalue weighted by molar-refractivity contribution is -0.115. The van der Waals surface area contributed by atoms with Crippen LogP contribution in [0.2, 0.25) is 0 Å². The van der Waals surface area contributed by atoms with E-state index in [-0.39, 0.29) is 10.6 Å². The Hall–Kier alpha value is -2.84. The number of benzene rings is 2. The van der Waals surface area contributed by atoms with Crippen LogP contribution in [-0.2, 0) is 14.8 Å². The van der Waals surface area contributed by atoms with E-state index < -0.39 is 28.3 Å². The van der Waals surface area contributed by atoms with Gasteiger partial charge < -0.3 is 5.32 Å². The molecule has 3 aromatic rings. The summed E-state index contributed by atoms with van der Waals surface area (Å²) in [6, 6.07) is 11.8. The fraction of sp³-hybridized carbons (Fsp3) is 0.111. The van der Waals surface area contributed by atoms with Crippen molar-refractivity contribution in [2.45, 2.75) is 11.8 Å². The topological polar surface area (TPSA) is 88.2 Å². The molecule has 0 bridgehead atoms. The lowest BCUT2D eigenvalue weighted by Crippen LogP contribution is -2.33. The molecule has 26 heavy (non-hydrogen) atoms. The molecular formula is C18H16FN3O3S. The lowest BCUT2D eigenvalue weighted by Gasteiger charge is -2.11.